The highest BCUT2D eigenvalue weighted by atomic mass is 35.5. The summed E-state index contributed by atoms with van der Waals surface area (Å²) >= 11 is 5.81. The molecule has 0 radical (unpaired) electrons. The van der Waals surface area contributed by atoms with Crippen LogP contribution in [0.5, 0.6) is 5.75 Å². The second-order valence-corrected chi connectivity index (χ2v) is 5.22. The Balaban J connectivity index is 1.84. The van der Waals surface area contributed by atoms with Crippen molar-refractivity contribution in [1.82, 2.24) is 15.0 Å². The summed E-state index contributed by atoms with van der Waals surface area (Å²) in [5.41, 5.74) is 0.201. The molecule has 0 saturated heterocycles. The van der Waals surface area contributed by atoms with Gasteiger partial charge in [-0.2, -0.15) is 0 Å². The predicted octanol–water partition coefficient (Wildman–Crippen LogP) is 1.79. The minimum absolute atomic E-state index is 0.125. The summed E-state index contributed by atoms with van der Waals surface area (Å²) < 4.78 is 0.958. The van der Waals surface area contributed by atoms with Crippen LogP contribution in [0.3, 0.4) is 0 Å². The number of phenols is 1. The fourth-order valence-corrected chi connectivity index (χ4v) is 2.23. The van der Waals surface area contributed by atoms with Gasteiger partial charge in [-0.25, -0.2) is 4.68 Å². The maximum atomic E-state index is 12.2. The van der Waals surface area contributed by atoms with Crippen molar-refractivity contribution in [3.63, 3.8) is 0 Å². The normalized spacial score (nSPS) is 10.7. The molecule has 7 nitrogen and oxygen atoms in total. The fourth-order valence-electron chi connectivity index (χ4n) is 2.06. The van der Waals surface area contributed by atoms with Crippen LogP contribution in [0.2, 0.25) is 5.02 Å². The van der Waals surface area contributed by atoms with Crippen molar-refractivity contribution in [2.45, 2.75) is 6.54 Å². The van der Waals surface area contributed by atoms with E-state index in [0.717, 1.165) is 4.68 Å². The number of aromatic hydroxyl groups is 1. The predicted molar refractivity (Wildman–Crippen MR) is 85.5 cm³/mol. The van der Waals surface area contributed by atoms with Crippen molar-refractivity contribution in [2.75, 3.05) is 5.32 Å². The first-order valence-electron chi connectivity index (χ1n) is 6.65. The summed E-state index contributed by atoms with van der Waals surface area (Å²) in [4.78, 5) is 24.3. The summed E-state index contributed by atoms with van der Waals surface area (Å²) in [5.74, 6) is -0.658. The quantitative estimate of drug-likeness (QED) is 0.714. The van der Waals surface area contributed by atoms with Gasteiger partial charge in [-0.3, -0.25) is 9.59 Å². The van der Waals surface area contributed by atoms with Crippen LogP contribution in [0.4, 0.5) is 5.69 Å². The molecule has 1 aromatic heterocycles. The fraction of sp³-hybridized carbons (Fsp3) is 0.0667. The van der Waals surface area contributed by atoms with Gasteiger partial charge >= 0.3 is 0 Å². The van der Waals surface area contributed by atoms with E-state index in [1.807, 2.05) is 0 Å². The van der Waals surface area contributed by atoms with Crippen molar-refractivity contribution >= 4 is 34.1 Å². The van der Waals surface area contributed by atoms with Gasteiger partial charge in [-0.1, -0.05) is 28.9 Å². The first kappa shape index (κ1) is 15.0. The van der Waals surface area contributed by atoms with Gasteiger partial charge in [0.2, 0.25) is 5.91 Å². The topological polar surface area (TPSA) is 97.1 Å². The lowest BCUT2D eigenvalue weighted by Crippen LogP contribution is -2.30. The SMILES string of the molecule is O=C(Cn1nnc2ccccc2c1=O)Nc1cc(Cl)ccc1O. The van der Waals surface area contributed by atoms with Crippen LogP contribution in [0.1, 0.15) is 0 Å². The molecule has 1 amide bonds. The molecule has 0 aliphatic heterocycles. The van der Waals surface area contributed by atoms with Crippen molar-refractivity contribution < 1.29 is 9.90 Å². The van der Waals surface area contributed by atoms with Gasteiger partial charge in [0.05, 0.1) is 11.1 Å². The summed E-state index contributed by atoms with van der Waals surface area (Å²) in [6, 6.07) is 11.0. The Morgan fingerprint density at radius 2 is 2.04 bits per heavy atom. The third kappa shape index (κ3) is 3.14. The average molecular weight is 331 g/mol. The molecule has 8 heteroatoms. The molecule has 23 heavy (non-hydrogen) atoms. The molecule has 0 atom stereocenters. The molecule has 2 N–H and O–H groups in total. The Hall–Kier alpha value is -2.93. The molecule has 0 aliphatic rings. The zero-order valence-corrected chi connectivity index (χ0v) is 12.5. The van der Waals surface area contributed by atoms with E-state index in [9.17, 15) is 14.7 Å². The summed E-state index contributed by atoms with van der Waals surface area (Å²) in [6.45, 7) is -0.331. The molecule has 0 aliphatic carbocycles. The van der Waals surface area contributed by atoms with Crippen molar-refractivity contribution in [2.24, 2.45) is 0 Å². The number of phenolic OH excluding ortho intramolecular Hbond substituents is 1. The van der Waals surface area contributed by atoms with E-state index in [2.05, 4.69) is 15.6 Å². The molecule has 3 aromatic rings. The zero-order valence-electron chi connectivity index (χ0n) is 11.7. The van der Waals surface area contributed by atoms with Gasteiger partial charge in [0.25, 0.3) is 5.56 Å². The molecule has 0 fully saturated rings. The highest BCUT2D eigenvalue weighted by molar-refractivity contribution is 6.31. The van der Waals surface area contributed by atoms with Gasteiger partial charge < -0.3 is 10.4 Å². The van der Waals surface area contributed by atoms with E-state index in [1.54, 1.807) is 24.3 Å². The van der Waals surface area contributed by atoms with E-state index in [4.69, 9.17) is 11.6 Å². The summed E-state index contributed by atoms with van der Waals surface area (Å²) in [5, 5.41) is 20.5. The van der Waals surface area contributed by atoms with Gasteiger partial charge in [0.1, 0.15) is 17.8 Å². The van der Waals surface area contributed by atoms with E-state index in [-0.39, 0.29) is 18.0 Å². The summed E-state index contributed by atoms with van der Waals surface area (Å²) in [6.07, 6.45) is 0. The number of nitrogens with zero attached hydrogens (tertiary/aromatic N) is 3. The minimum atomic E-state index is -0.533. The second-order valence-electron chi connectivity index (χ2n) is 4.78. The summed E-state index contributed by atoms with van der Waals surface area (Å²) in [7, 11) is 0. The molecule has 116 valence electrons. The van der Waals surface area contributed by atoms with Gasteiger partial charge in [-0.05, 0) is 30.3 Å². The van der Waals surface area contributed by atoms with Gasteiger partial charge in [0, 0.05) is 5.02 Å². The molecule has 0 spiro atoms. The molecule has 2 aromatic carbocycles. The van der Waals surface area contributed by atoms with E-state index >= 15 is 0 Å². The van der Waals surface area contributed by atoms with Crippen LogP contribution in [-0.4, -0.2) is 26.0 Å². The first-order chi connectivity index (χ1) is 11.0. The molecule has 0 saturated carbocycles. The number of nitrogens with one attached hydrogen (secondary N) is 1. The lowest BCUT2D eigenvalue weighted by atomic mass is 10.2. The molecular formula is C15H11ClN4O3. The van der Waals surface area contributed by atoms with E-state index < -0.39 is 11.5 Å². The Morgan fingerprint density at radius 1 is 1.26 bits per heavy atom. The molecule has 0 bridgehead atoms. The number of halogens is 1. The van der Waals surface area contributed by atoms with Crippen LogP contribution in [0.15, 0.2) is 47.3 Å². The lowest BCUT2D eigenvalue weighted by Gasteiger charge is -2.08. The third-order valence-electron chi connectivity index (χ3n) is 3.16. The second kappa shape index (κ2) is 6.05. The van der Waals surface area contributed by atoms with Crippen LogP contribution in [0, 0.1) is 0 Å². The van der Waals surface area contributed by atoms with E-state index in [0.29, 0.717) is 15.9 Å². The standard InChI is InChI=1S/C15H11ClN4O3/c16-9-5-6-13(21)12(7-9)17-14(22)8-20-15(23)10-3-1-2-4-11(10)18-19-20/h1-7,21H,8H2,(H,17,22). The number of benzene rings is 2. The maximum Gasteiger partial charge on any atom is 0.278 e. The van der Waals surface area contributed by atoms with Crippen molar-refractivity contribution in [1.29, 1.82) is 0 Å². The average Bonchev–Trinajstić information content (AvgIpc) is 2.54. The van der Waals surface area contributed by atoms with Gasteiger partial charge in [0.15, 0.2) is 0 Å². The van der Waals surface area contributed by atoms with Crippen molar-refractivity contribution in [3.05, 3.63) is 57.8 Å². The van der Waals surface area contributed by atoms with Crippen LogP contribution >= 0.6 is 11.6 Å². The largest absolute Gasteiger partial charge is 0.506 e. The molecular weight excluding hydrogens is 320 g/mol. The Labute approximate surface area is 135 Å². The number of carbonyl (C=O) groups excluding carboxylic acids is 1. The van der Waals surface area contributed by atoms with Crippen LogP contribution < -0.4 is 10.9 Å². The Kier molecular flexibility index (Phi) is 3.94. The number of rotatable bonds is 3. The van der Waals surface area contributed by atoms with Crippen LogP contribution in [0.25, 0.3) is 10.9 Å². The number of fused-ring (bicyclic) bond motifs is 1. The van der Waals surface area contributed by atoms with E-state index in [1.165, 1.54) is 18.2 Å². The Bertz CT molecular complexity index is 955. The number of anilines is 1. The molecule has 1 heterocycles. The number of aromatic nitrogens is 3. The minimum Gasteiger partial charge on any atom is -0.506 e. The van der Waals surface area contributed by atoms with Gasteiger partial charge in [-0.15, -0.1) is 5.10 Å². The Morgan fingerprint density at radius 3 is 2.87 bits per heavy atom. The number of hydrogen-bond donors (Lipinski definition) is 2. The smallest absolute Gasteiger partial charge is 0.278 e. The highest BCUT2D eigenvalue weighted by Gasteiger charge is 2.11. The first-order valence-corrected chi connectivity index (χ1v) is 7.03. The third-order valence-corrected chi connectivity index (χ3v) is 3.39. The number of amides is 1. The lowest BCUT2D eigenvalue weighted by molar-refractivity contribution is -0.117. The molecule has 3 rings (SSSR count). The van der Waals surface area contributed by atoms with Crippen LogP contribution in [-0.2, 0) is 11.3 Å². The molecule has 0 unspecified atom stereocenters. The maximum absolute atomic E-state index is 12.2. The number of carbonyl (C=O) groups is 1. The number of hydrogen-bond acceptors (Lipinski definition) is 5. The zero-order chi connectivity index (χ0) is 16.4. The monoisotopic (exact) mass is 330 g/mol. The van der Waals surface area contributed by atoms with Crippen molar-refractivity contribution in [3.8, 4) is 5.75 Å². The highest BCUT2D eigenvalue weighted by Crippen LogP contribution is 2.26.